The highest BCUT2D eigenvalue weighted by atomic mass is 32.2. The molecule has 108 valence electrons. The molecule has 0 bridgehead atoms. The van der Waals surface area contributed by atoms with E-state index in [-0.39, 0.29) is 17.7 Å². The van der Waals surface area contributed by atoms with Gasteiger partial charge in [0.05, 0.1) is 5.75 Å². The van der Waals surface area contributed by atoms with Crippen molar-refractivity contribution < 1.29 is 17.2 Å². The van der Waals surface area contributed by atoms with Crippen LogP contribution < -0.4 is 5.32 Å². The van der Waals surface area contributed by atoms with Crippen LogP contribution in [0.1, 0.15) is 20.3 Å². The van der Waals surface area contributed by atoms with E-state index in [9.17, 15) is 17.2 Å². The van der Waals surface area contributed by atoms with E-state index in [0.717, 1.165) is 24.6 Å². The van der Waals surface area contributed by atoms with E-state index in [4.69, 9.17) is 0 Å². The summed E-state index contributed by atoms with van der Waals surface area (Å²) in [6.07, 6.45) is 0.798. The van der Waals surface area contributed by atoms with Gasteiger partial charge >= 0.3 is 0 Å². The minimum Gasteiger partial charge on any atom is -0.316 e. The molecule has 1 rings (SSSR count). The van der Waals surface area contributed by atoms with Crippen LogP contribution in [0.5, 0.6) is 0 Å². The summed E-state index contributed by atoms with van der Waals surface area (Å²) in [6, 6.07) is 2.17. The fraction of sp³-hybridized carbons (Fsp3) is 0.538. The maximum Gasteiger partial charge on any atom is 0.182 e. The Morgan fingerprint density at radius 2 is 1.95 bits per heavy atom. The Kier molecular flexibility index (Phi) is 5.43. The fourth-order valence-electron chi connectivity index (χ4n) is 1.86. The second kappa shape index (κ2) is 6.43. The predicted molar refractivity (Wildman–Crippen MR) is 70.7 cm³/mol. The molecule has 0 aliphatic rings. The van der Waals surface area contributed by atoms with Crippen molar-refractivity contribution in [1.29, 1.82) is 0 Å². The Balaban J connectivity index is 3.07. The highest BCUT2D eigenvalue weighted by molar-refractivity contribution is 7.91. The van der Waals surface area contributed by atoms with Crippen molar-refractivity contribution in [2.45, 2.75) is 31.2 Å². The van der Waals surface area contributed by atoms with Crippen molar-refractivity contribution in [3.63, 3.8) is 0 Å². The van der Waals surface area contributed by atoms with Crippen LogP contribution in [0.2, 0.25) is 0 Å². The average molecular weight is 291 g/mol. The first-order chi connectivity index (χ1) is 8.81. The van der Waals surface area contributed by atoms with Gasteiger partial charge in [0.2, 0.25) is 0 Å². The normalized spacial score (nSPS) is 15.2. The second-order valence-corrected chi connectivity index (χ2v) is 6.64. The van der Waals surface area contributed by atoms with Crippen LogP contribution in [0.15, 0.2) is 23.1 Å². The summed E-state index contributed by atoms with van der Waals surface area (Å²) in [5.41, 5.74) is 0. The molecule has 2 unspecified atom stereocenters. The second-order valence-electron chi connectivity index (χ2n) is 4.64. The maximum atomic E-state index is 13.5. The smallest absolute Gasteiger partial charge is 0.182 e. The molecule has 0 aromatic heterocycles. The number of sulfone groups is 1. The molecule has 0 spiro atoms. The summed E-state index contributed by atoms with van der Waals surface area (Å²) in [7, 11) is -2.20. The van der Waals surface area contributed by atoms with E-state index in [1.54, 1.807) is 7.05 Å². The molecule has 1 aromatic rings. The third-order valence-corrected chi connectivity index (χ3v) is 5.11. The Labute approximate surface area is 112 Å². The molecule has 0 heterocycles. The molecule has 0 aliphatic carbocycles. The predicted octanol–water partition coefficient (Wildman–Crippen LogP) is 2.37. The van der Waals surface area contributed by atoms with E-state index in [1.165, 1.54) is 0 Å². The van der Waals surface area contributed by atoms with Gasteiger partial charge in [0.1, 0.15) is 16.5 Å². The lowest BCUT2D eigenvalue weighted by molar-refractivity contribution is 0.413. The molecule has 1 aromatic carbocycles. The van der Waals surface area contributed by atoms with Crippen molar-refractivity contribution in [2.75, 3.05) is 12.8 Å². The van der Waals surface area contributed by atoms with Crippen LogP contribution in [-0.4, -0.2) is 27.3 Å². The third-order valence-electron chi connectivity index (χ3n) is 3.33. The number of nitrogens with one attached hydrogen (secondary N) is 1. The molecule has 3 nitrogen and oxygen atoms in total. The van der Waals surface area contributed by atoms with Crippen LogP contribution in [0, 0.1) is 17.6 Å². The van der Waals surface area contributed by atoms with Crippen LogP contribution in [0.3, 0.4) is 0 Å². The van der Waals surface area contributed by atoms with E-state index in [2.05, 4.69) is 5.32 Å². The summed E-state index contributed by atoms with van der Waals surface area (Å²) in [5, 5.41) is 2.92. The van der Waals surface area contributed by atoms with Crippen molar-refractivity contribution in [3.8, 4) is 0 Å². The lowest BCUT2D eigenvalue weighted by Gasteiger charge is -2.22. The van der Waals surface area contributed by atoms with Gasteiger partial charge < -0.3 is 5.32 Å². The highest BCUT2D eigenvalue weighted by Gasteiger charge is 2.26. The minimum atomic E-state index is -3.86. The minimum absolute atomic E-state index is 0.122. The van der Waals surface area contributed by atoms with Crippen molar-refractivity contribution in [3.05, 3.63) is 29.8 Å². The zero-order valence-electron chi connectivity index (χ0n) is 11.3. The van der Waals surface area contributed by atoms with Gasteiger partial charge in [0, 0.05) is 6.04 Å². The van der Waals surface area contributed by atoms with Crippen molar-refractivity contribution in [1.82, 2.24) is 5.32 Å². The van der Waals surface area contributed by atoms with Gasteiger partial charge in [-0.25, -0.2) is 17.2 Å². The van der Waals surface area contributed by atoms with Gasteiger partial charge in [0.15, 0.2) is 9.84 Å². The molecular formula is C13H19F2NO2S. The van der Waals surface area contributed by atoms with Gasteiger partial charge in [0.25, 0.3) is 0 Å². The van der Waals surface area contributed by atoms with Gasteiger partial charge in [-0.3, -0.25) is 0 Å². The number of rotatable bonds is 6. The largest absolute Gasteiger partial charge is 0.316 e. The van der Waals surface area contributed by atoms with E-state index in [0.29, 0.717) is 0 Å². The Hall–Kier alpha value is -1.01. The molecule has 2 atom stereocenters. The van der Waals surface area contributed by atoms with E-state index >= 15 is 0 Å². The zero-order valence-corrected chi connectivity index (χ0v) is 12.1. The van der Waals surface area contributed by atoms with Gasteiger partial charge in [-0.05, 0) is 31.2 Å². The highest BCUT2D eigenvalue weighted by Crippen LogP contribution is 2.20. The average Bonchev–Trinajstić information content (AvgIpc) is 2.37. The van der Waals surface area contributed by atoms with Crippen molar-refractivity contribution in [2.24, 2.45) is 5.92 Å². The monoisotopic (exact) mass is 291 g/mol. The number of benzene rings is 1. The third kappa shape index (κ3) is 3.98. The molecule has 0 saturated carbocycles. The summed E-state index contributed by atoms with van der Waals surface area (Å²) >= 11 is 0. The molecule has 0 amide bonds. The lowest BCUT2D eigenvalue weighted by Crippen LogP contribution is -2.38. The molecule has 0 aliphatic heterocycles. The molecule has 1 N–H and O–H groups in total. The Morgan fingerprint density at radius 3 is 2.47 bits per heavy atom. The van der Waals surface area contributed by atoms with Gasteiger partial charge in [-0.15, -0.1) is 0 Å². The van der Waals surface area contributed by atoms with Crippen LogP contribution in [0.4, 0.5) is 8.78 Å². The Bertz CT molecular complexity index is 531. The lowest BCUT2D eigenvalue weighted by atomic mass is 10.0. The Morgan fingerprint density at radius 1 is 1.32 bits per heavy atom. The SMILES string of the molecule is CCC(C)C(CS(=O)(=O)c1cc(F)ccc1F)NC. The van der Waals surface area contributed by atoms with E-state index < -0.39 is 26.4 Å². The topological polar surface area (TPSA) is 46.2 Å². The van der Waals surface area contributed by atoms with Gasteiger partial charge in [-0.1, -0.05) is 20.3 Å². The first kappa shape index (κ1) is 16.0. The number of hydrogen-bond donors (Lipinski definition) is 1. The summed E-state index contributed by atoms with van der Waals surface area (Å²) in [5.74, 6) is -1.81. The van der Waals surface area contributed by atoms with E-state index in [1.807, 2.05) is 13.8 Å². The summed E-state index contributed by atoms with van der Waals surface area (Å²) in [4.78, 5) is -0.573. The molecule has 0 fully saturated rings. The first-order valence-electron chi connectivity index (χ1n) is 6.17. The van der Waals surface area contributed by atoms with Crippen LogP contribution in [0.25, 0.3) is 0 Å². The van der Waals surface area contributed by atoms with Crippen LogP contribution >= 0.6 is 0 Å². The van der Waals surface area contributed by atoms with Crippen molar-refractivity contribution >= 4 is 9.84 Å². The van der Waals surface area contributed by atoms with Crippen LogP contribution in [-0.2, 0) is 9.84 Å². The quantitative estimate of drug-likeness (QED) is 0.875. The summed E-state index contributed by atoms with van der Waals surface area (Å²) < 4.78 is 50.9. The molecule has 0 radical (unpaired) electrons. The first-order valence-corrected chi connectivity index (χ1v) is 7.82. The molecular weight excluding hydrogens is 272 g/mol. The zero-order chi connectivity index (χ0) is 14.6. The fourth-order valence-corrected chi connectivity index (χ4v) is 3.66. The summed E-state index contributed by atoms with van der Waals surface area (Å²) in [6.45, 7) is 3.86. The maximum absolute atomic E-state index is 13.5. The molecule has 19 heavy (non-hydrogen) atoms. The molecule has 6 heteroatoms. The van der Waals surface area contributed by atoms with Gasteiger partial charge in [-0.2, -0.15) is 0 Å². The standard InChI is InChI=1S/C13H19F2NO2S/c1-4-9(2)12(16-3)8-19(17,18)13-7-10(14)5-6-11(13)15/h5-7,9,12,16H,4,8H2,1-3H3. The number of halogens is 2. The molecule has 0 saturated heterocycles. The number of hydrogen-bond acceptors (Lipinski definition) is 3.